The van der Waals surface area contributed by atoms with Gasteiger partial charge in [-0.25, -0.2) is 4.79 Å². The lowest BCUT2D eigenvalue weighted by molar-refractivity contribution is -0.152. The van der Waals surface area contributed by atoms with E-state index in [1.807, 2.05) is 31.2 Å². The van der Waals surface area contributed by atoms with Gasteiger partial charge in [0.2, 0.25) is 5.91 Å². The Hall–Kier alpha value is -1.84. The zero-order valence-electron chi connectivity index (χ0n) is 12.1. The number of hydrogen-bond acceptors (Lipinski definition) is 3. The summed E-state index contributed by atoms with van der Waals surface area (Å²) in [6, 6.07) is 7.45. The average Bonchev–Trinajstić information content (AvgIpc) is 2.91. The van der Waals surface area contributed by atoms with Crippen molar-refractivity contribution in [2.45, 2.75) is 39.2 Å². The lowest BCUT2D eigenvalue weighted by Crippen LogP contribution is -2.42. The number of carbonyl (C=O) groups is 2. The van der Waals surface area contributed by atoms with E-state index in [0.717, 1.165) is 17.5 Å². The summed E-state index contributed by atoms with van der Waals surface area (Å²) in [6.45, 7) is 4.78. The molecule has 1 saturated heterocycles. The minimum Gasteiger partial charge on any atom is -0.464 e. The molecule has 0 bridgehead atoms. The number of ether oxygens (including phenoxy) is 1. The van der Waals surface area contributed by atoms with Gasteiger partial charge in [-0.1, -0.05) is 24.3 Å². The van der Waals surface area contributed by atoms with Gasteiger partial charge < -0.3 is 9.64 Å². The first-order valence-corrected chi connectivity index (χ1v) is 7.14. The van der Waals surface area contributed by atoms with Crippen LogP contribution in [0.5, 0.6) is 0 Å². The van der Waals surface area contributed by atoms with Crippen LogP contribution in [0.3, 0.4) is 0 Å². The van der Waals surface area contributed by atoms with E-state index < -0.39 is 6.04 Å². The van der Waals surface area contributed by atoms with Gasteiger partial charge in [0, 0.05) is 6.54 Å². The predicted octanol–water partition coefficient (Wildman–Crippen LogP) is 2.09. The molecule has 20 heavy (non-hydrogen) atoms. The second-order valence-corrected chi connectivity index (χ2v) is 5.10. The highest BCUT2D eigenvalue weighted by atomic mass is 16.5. The van der Waals surface area contributed by atoms with Crippen LogP contribution in [0.2, 0.25) is 0 Å². The molecule has 4 heteroatoms. The second-order valence-electron chi connectivity index (χ2n) is 5.10. The Morgan fingerprint density at radius 1 is 1.35 bits per heavy atom. The minimum atomic E-state index is -0.397. The monoisotopic (exact) mass is 275 g/mol. The molecule has 1 aromatic rings. The first kappa shape index (κ1) is 14.6. The molecule has 0 spiro atoms. The largest absolute Gasteiger partial charge is 0.464 e. The van der Waals surface area contributed by atoms with Crippen molar-refractivity contribution < 1.29 is 14.3 Å². The molecule has 2 rings (SSSR count). The fourth-order valence-electron chi connectivity index (χ4n) is 2.62. The molecule has 1 unspecified atom stereocenters. The highest BCUT2D eigenvalue weighted by Crippen LogP contribution is 2.20. The summed E-state index contributed by atoms with van der Waals surface area (Å²) in [5.41, 5.74) is 2.12. The molecule has 1 amide bonds. The minimum absolute atomic E-state index is 0.00912. The third-order valence-corrected chi connectivity index (χ3v) is 3.73. The Bertz CT molecular complexity index is 498. The van der Waals surface area contributed by atoms with Crippen molar-refractivity contribution in [1.82, 2.24) is 4.90 Å². The van der Waals surface area contributed by atoms with Crippen LogP contribution < -0.4 is 0 Å². The van der Waals surface area contributed by atoms with Gasteiger partial charge in [0.15, 0.2) is 0 Å². The van der Waals surface area contributed by atoms with Crippen molar-refractivity contribution in [2.75, 3.05) is 13.2 Å². The SMILES string of the molecule is CCOC(=O)C1CCCN1C(=O)Cc1ccccc1C. The van der Waals surface area contributed by atoms with Crippen molar-refractivity contribution in [3.8, 4) is 0 Å². The number of esters is 1. The van der Waals surface area contributed by atoms with Gasteiger partial charge in [0.25, 0.3) is 0 Å². The van der Waals surface area contributed by atoms with Crippen LogP contribution >= 0.6 is 0 Å². The maximum atomic E-state index is 12.4. The number of amides is 1. The zero-order chi connectivity index (χ0) is 14.5. The molecular weight excluding hydrogens is 254 g/mol. The number of nitrogens with zero attached hydrogens (tertiary/aromatic N) is 1. The summed E-state index contributed by atoms with van der Waals surface area (Å²) in [6.07, 6.45) is 1.92. The molecule has 1 heterocycles. The molecular formula is C16H21NO3. The Balaban J connectivity index is 2.05. The number of likely N-dealkylation sites (tertiary alicyclic amines) is 1. The smallest absolute Gasteiger partial charge is 0.328 e. The summed E-state index contributed by atoms with van der Waals surface area (Å²) < 4.78 is 5.05. The average molecular weight is 275 g/mol. The van der Waals surface area contributed by atoms with E-state index in [2.05, 4.69) is 0 Å². The molecule has 0 N–H and O–H groups in total. The number of rotatable bonds is 4. The van der Waals surface area contributed by atoms with Crippen LogP contribution in [0.1, 0.15) is 30.9 Å². The summed E-state index contributed by atoms with van der Waals surface area (Å²) in [7, 11) is 0. The first-order valence-electron chi connectivity index (χ1n) is 7.14. The zero-order valence-corrected chi connectivity index (χ0v) is 12.1. The quantitative estimate of drug-likeness (QED) is 0.790. The van der Waals surface area contributed by atoms with Crippen LogP contribution in [0.25, 0.3) is 0 Å². The third-order valence-electron chi connectivity index (χ3n) is 3.73. The number of hydrogen-bond donors (Lipinski definition) is 0. The maximum absolute atomic E-state index is 12.4. The number of benzene rings is 1. The van der Waals surface area contributed by atoms with Crippen LogP contribution in [-0.2, 0) is 20.7 Å². The lowest BCUT2D eigenvalue weighted by Gasteiger charge is -2.23. The van der Waals surface area contributed by atoms with E-state index in [9.17, 15) is 9.59 Å². The Morgan fingerprint density at radius 3 is 2.80 bits per heavy atom. The third kappa shape index (κ3) is 3.18. The normalized spacial score (nSPS) is 18.1. The van der Waals surface area contributed by atoms with Gasteiger partial charge in [-0.05, 0) is 37.8 Å². The predicted molar refractivity (Wildman–Crippen MR) is 76.3 cm³/mol. The molecule has 0 aromatic heterocycles. The van der Waals surface area contributed by atoms with Gasteiger partial charge in [0.05, 0.1) is 13.0 Å². The topological polar surface area (TPSA) is 46.6 Å². The molecule has 1 aliphatic heterocycles. The molecule has 1 atom stereocenters. The molecule has 0 saturated carbocycles. The summed E-state index contributed by atoms with van der Waals surface area (Å²) in [5, 5.41) is 0. The molecule has 108 valence electrons. The number of aryl methyl sites for hydroxylation is 1. The van der Waals surface area contributed by atoms with Crippen LogP contribution in [0.4, 0.5) is 0 Å². The van der Waals surface area contributed by atoms with E-state index in [-0.39, 0.29) is 11.9 Å². The van der Waals surface area contributed by atoms with Crippen LogP contribution in [-0.4, -0.2) is 36.0 Å². The summed E-state index contributed by atoms with van der Waals surface area (Å²) >= 11 is 0. The van der Waals surface area contributed by atoms with Crippen molar-refractivity contribution in [2.24, 2.45) is 0 Å². The van der Waals surface area contributed by atoms with Crippen molar-refractivity contribution in [1.29, 1.82) is 0 Å². The van der Waals surface area contributed by atoms with Crippen LogP contribution in [0, 0.1) is 6.92 Å². The fraction of sp³-hybridized carbons (Fsp3) is 0.500. The molecule has 1 fully saturated rings. The maximum Gasteiger partial charge on any atom is 0.328 e. The molecule has 1 aromatic carbocycles. The molecule has 1 aliphatic rings. The van der Waals surface area contributed by atoms with E-state index in [1.54, 1.807) is 11.8 Å². The van der Waals surface area contributed by atoms with E-state index in [4.69, 9.17) is 4.74 Å². The van der Waals surface area contributed by atoms with Crippen LogP contribution in [0.15, 0.2) is 24.3 Å². The fourth-order valence-corrected chi connectivity index (χ4v) is 2.62. The summed E-state index contributed by atoms with van der Waals surface area (Å²) in [4.78, 5) is 25.9. The van der Waals surface area contributed by atoms with Crippen molar-refractivity contribution in [3.05, 3.63) is 35.4 Å². The van der Waals surface area contributed by atoms with E-state index >= 15 is 0 Å². The Kier molecular flexibility index (Phi) is 4.77. The van der Waals surface area contributed by atoms with Crippen molar-refractivity contribution >= 4 is 11.9 Å². The van der Waals surface area contributed by atoms with E-state index in [0.29, 0.717) is 26.0 Å². The highest BCUT2D eigenvalue weighted by Gasteiger charge is 2.34. The van der Waals surface area contributed by atoms with Crippen molar-refractivity contribution in [3.63, 3.8) is 0 Å². The molecule has 0 radical (unpaired) electrons. The summed E-state index contributed by atoms with van der Waals surface area (Å²) in [5.74, 6) is -0.266. The standard InChI is InChI=1S/C16H21NO3/c1-3-20-16(19)14-9-6-10-17(14)15(18)11-13-8-5-4-7-12(13)2/h4-5,7-8,14H,3,6,9-11H2,1-2H3. The number of carbonyl (C=O) groups excluding carboxylic acids is 2. The highest BCUT2D eigenvalue weighted by molar-refractivity contribution is 5.86. The molecule has 4 nitrogen and oxygen atoms in total. The Morgan fingerprint density at radius 2 is 2.10 bits per heavy atom. The van der Waals surface area contributed by atoms with E-state index in [1.165, 1.54) is 0 Å². The van der Waals surface area contributed by atoms with Gasteiger partial charge in [-0.15, -0.1) is 0 Å². The van der Waals surface area contributed by atoms with Gasteiger partial charge >= 0.3 is 5.97 Å². The first-order chi connectivity index (χ1) is 9.63. The Labute approximate surface area is 119 Å². The van der Waals surface area contributed by atoms with Gasteiger partial charge in [-0.3, -0.25) is 4.79 Å². The second kappa shape index (κ2) is 6.55. The van der Waals surface area contributed by atoms with Gasteiger partial charge in [0.1, 0.15) is 6.04 Å². The lowest BCUT2D eigenvalue weighted by atomic mass is 10.1. The van der Waals surface area contributed by atoms with Gasteiger partial charge in [-0.2, -0.15) is 0 Å². The molecule has 0 aliphatic carbocycles.